The number of carbonyl (C=O) groups excluding carboxylic acids is 4. The van der Waals surface area contributed by atoms with Gasteiger partial charge < -0.3 is 31.1 Å². The largest absolute Gasteiger partial charge is 0.480 e. The Morgan fingerprint density at radius 1 is 1.25 bits per heavy atom. The van der Waals surface area contributed by atoms with Gasteiger partial charge in [-0.25, -0.2) is 9.78 Å². The van der Waals surface area contributed by atoms with Gasteiger partial charge in [-0.1, -0.05) is 6.07 Å². The van der Waals surface area contributed by atoms with Crippen molar-refractivity contribution in [3.8, 4) is 0 Å². The molecule has 1 fully saturated rings. The Morgan fingerprint density at radius 2 is 2.06 bits per heavy atom. The van der Waals surface area contributed by atoms with E-state index in [1.165, 1.54) is 34.8 Å². The summed E-state index contributed by atoms with van der Waals surface area (Å²) in [5.74, 6) is -3.67. The van der Waals surface area contributed by atoms with Crippen molar-refractivity contribution in [1.82, 2.24) is 25.5 Å². The van der Waals surface area contributed by atoms with E-state index in [4.69, 9.17) is 15.6 Å². The van der Waals surface area contributed by atoms with Crippen LogP contribution in [0.2, 0.25) is 0 Å². The molecule has 3 heterocycles. The number of nitrogens with two attached hydrogens (primary N) is 1. The molecule has 0 aliphatic carbocycles. The lowest BCUT2D eigenvalue weighted by Gasteiger charge is -2.39. The molecule has 4 amide bonds. The average molecular weight is 519 g/mol. The van der Waals surface area contributed by atoms with E-state index < -0.39 is 60.9 Å². The van der Waals surface area contributed by atoms with Gasteiger partial charge in [0, 0.05) is 36.3 Å². The van der Waals surface area contributed by atoms with E-state index in [1.54, 1.807) is 6.07 Å². The van der Waals surface area contributed by atoms with E-state index in [0.29, 0.717) is 6.42 Å². The van der Waals surface area contributed by atoms with Crippen molar-refractivity contribution in [2.75, 3.05) is 19.8 Å². The van der Waals surface area contributed by atoms with Crippen LogP contribution in [0.5, 0.6) is 0 Å². The summed E-state index contributed by atoms with van der Waals surface area (Å²) < 4.78 is 4.90. The van der Waals surface area contributed by atoms with Gasteiger partial charge in [0.25, 0.3) is 5.91 Å². The zero-order valence-corrected chi connectivity index (χ0v) is 20.0. The van der Waals surface area contributed by atoms with Crippen LogP contribution in [0.25, 0.3) is 0 Å². The lowest BCUT2D eigenvalue weighted by molar-refractivity contribution is -0.150. The van der Waals surface area contributed by atoms with Crippen LogP contribution >= 0.6 is 11.3 Å². The minimum Gasteiger partial charge on any atom is -0.480 e. The minimum absolute atomic E-state index is 0.0486. The fourth-order valence-corrected chi connectivity index (χ4v) is 4.50. The zero-order valence-electron chi connectivity index (χ0n) is 19.2. The van der Waals surface area contributed by atoms with Crippen LogP contribution < -0.4 is 16.4 Å². The van der Waals surface area contributed by atoms with Crippen LogP contribution in [0.15, 0.2) is 36.1 Å². The molecule has 1 saturated heterocycles. The second-order valence-corrected chi connectivity index (χ2v) is 9.05. The fourth-order valence-electron chi connectivity index (χ4n) is 3.75. The van der Waals surface area contributed by atoms with Crippen molar-refractivity contribution in [2.45, 2.75) is 37.4 Å². The molecule has 0 aromatic carbocycles. The van der Waals surface area contributed by atoms with Gasteiger partial charge in [-0.05, 0) is 24.3 Å². The molecular weight excluding hydrogens is 492 g/mol. The number of piperidine rings is 1. The predicted molar refractivity (Wildman–Crippen MR) is 126 cm³/mol. The number of aromatic nitrogens is 2. The molecule has 0 spiro atoms. The molecule has 1 aliphatic rings. The molecule has 0 radical (unpaired) electrons. The molecule has 13 nitrogen and oxygen atoms in total. The summed E-state index contributed by atoms with van der Waals surface area (Å²) in [6, 6.07) is 1.07. The van der Waals surface area contributed by atoms with Crippen LogP contribution in [0.3, 0.4) is 0 Å². The standard InChI is InChI=1S/C22H26N6O7S/c23-20(32)15(9-14-2-1-7-36-14)27-22(34)17-8-13(26-21(33)16-10-24-4-5-25-16)3-6-28(17)18(29)11-35-12-19(30)31/h1-2,4-5,7,10,13,15,17H,3,6,8-9,11-12H2,(H2,23,32)(H,26,33)(H,27,34)(H,30,31)/t13-,15-,17+/m0/s1. The SMILES string of the molecule is NC(=O)[C@H](Cc1cccs1)NC(=O)[C@H]1C[C@@H](NC(=O)c2cnccn2)CCN1C(=O)COCC(=O)O. The molecule has 0 unspecified atom stereocenters. The van der Waals surface area contributed by atoms with Gasteiger partial charge in [-0.15, -0.1) is 11.3 Å². The average Bonchev–Trinajstić information content (AvgIpc) is 3.37. The monoisotopic (exact) mass is 518 g/mol. The van der Waals surface area contributed by atoms with Gasteiger partial charge in [0.15, 0.2) is 0 Å². The topological polar surface area (TPSA) is 194 Å². The highest BCUT2D eigenvalue weighted by molar-refractivity contribution is 7.09. The van der Waals surface area contributed by atoms with Gasteiger partial charge in [-0.2, -0.15) is 0 Å². The highest BCUT2D eigenvalue weighted by Crippen LogP contribution is 2.20. The van der Waals surface area contributed by atoms with Gasteiger partial charge in [0.2, 0.25) is 17.7 Å². The van der Waals surface area contributed by atoms with Crippen molar-refractivity contribution in [3.63, 3.8) is 0 Å². The number of hydrogen-bond acceptors (Lipinski definition) is 9. The second kappa shape index (κ2) is 12.7. The Bertz CT molecular complexity index is 1080. The number of carboxylic acid groups (broad SMARTS) is 1. The molecule has 2 aromatic rings. The third kappa shape index (κ3) is 7.55. The molecular formula is C22H26N6O7S. The number of likely N-dealkylation sites (tertiary alicyclic amines) is 1. The van der Waals surface area contributed by atoms with E-state index in [9.17, 15) is 24.0 Å². The number of nitrogens with one attached hydrogen (secondary N) is 2. The molecule has 36 heavy (non-hydrogen) atoms. The molecule has 14 heteroatoms. The minimum atomic E-state index is -1.24. The summed E-state index contributed by atoms with van der Waals surface area (Å²) in [4.78, 5) is 71.2. The summed E-state index contributed by atoms with van der Waals surface area (Å²) in [6.07, 6.45) is 4.68. The van der Waals surface area contributed by atoms with E-state index in [2.05, 4.69) is 20.6 Å². The molecule has 1 aliphatic heterocycles. The van der Waals surface area contributed by atoms with E-state index >= 15 is 0 Å². The molecule has 3 rings (SSSR count). The Labute approximate surface area is 210 Å². The first-order chi connectivity index (χ1) is 17.2. The van der Waals surface area contributed by atoms with E-state index in [1.807, 2.05) is 11.4 Å². The number of thiophene rings is 1. The fraction of sp³-hybridized carbons (Fsp3) is 0.409. The number of rotatable bonds is 11. The van der Waals surface area contributed by atoms with Gasteiger partial charge in [0.1, 0.15) is 31.0 Å². The first-order valence-electron chi connectivity index (χ1n) is 11.0. The Balaban J connectivity index is 1.72. The van der Waals surface area contributed by atoms with Crippen LogP contribution in [-0.4, -0.2) is 87.5 Å². The zero-order chi connectivity index (χ0) is 26.1. The number of ether oxygens (including phenoxy) is 1. The molecule has 3 atom stereocenters. The maximum absolute atomic E-state index is 13.3. The second-order valence-electron chi connectivity index (χ2n) is 8.02. The van der Waals surface area contributed by atoms with E-state index in [-0.39, 0.29) is 25.1 Å². The van der Waals surface area contributed by atoms with Crippen LogP contribution in [0.1, 0.15) is 28.2 Å². The number of hydrogen-bond donors (Lipinski definition) is 4. The number of nitrogens with zero attached hydrogens (tertiary/aromatic N) is 3. The Hall–Kier alpha value is -3.91. The molecule has 5 N–H and O–H groups in total. The van der Waals surface area contributed by atoms with Crippen molar-refractivity contribution < 1.29 is 33.8 Å². The maximum atomic E-state index is 13.3. The summed E-state index contributed by atoms with van der Waals surface area (Å²) in [7, 11) is 0. The summed E-state index contributed by atoms with van der Waals surface area (Å²) in [6.45, 7) is -1.12. The van der Waals surface area contributed by atoms with Gasteiger partial charge in [-0.3, -0.25) is 24.2 Å². The van der Waals surface area contributed by atoms with E-state index in [0.717, 1.165) is 4.88 Å². The number of aliphatic carboxylic acids is 1. The first-order valence-corrected chi connectivity index (χ1v) is 11.9. The van der Waals surface area contributed by atoms with Crippen molar-refractivity contribution >= 4 is 40.9 Å². The highest BCUT2D eigenvalue weighted by atomic mass is 32.1. The highest BCUT2D eigenvalue weighted by Gasteiger charge is 2.38. The maximum Gasteiger partial charge on any atom is 0.329 e. The van der Waals surface area contributed by atoms with Crippen molar-refractivity contribution in [3.05, 3.63) is 46.7 Å². The smallest absolute Gasteiger partial charge is 0.329 e. The van der Waals surface area contributed by atoms with Crippen LogP contribution in [0, 0.1) is 0 Å². The van der Waals surface area contributed by atoms with Gasteiger partial charge >= 0.3 is 5.97 Å². The van der Waals surface area contributed by atoms with Gasteiger partial charge in [0.05, 0.1) is 6.20 Å². The quantitative estimate of drug-likeness (QED) is 0.287. The summed E-state index contributed by atoms with van der Waals surface area (Å²) in [5.41, 5.74) is 5.60. The lowest BCUT2D eigenvalue weighted by atomic mass is 9.95. The molecule has 2 aromatic heterocycles. The first kappa shape index (κ1) is 26.7. The number of carbonyl (C=O) groups is 5. The van der Waals surface area contributed by atoms with Crippen LogP contribution in [-0.2, 0) is 30.3 Å². The van der Waals surface area contributed by atoms with Crippen molar-refractivity contribution in [2.24, 2.45) is 5.73 Å². The third-order valence-corrected chi connectivity index (χ3v) is 6.35. The van der Waals surface area contributed by atoms with Crippen LogP contribution in [0.4, 0.5) is 0 Å². The predicted octanol–water partition coefficient (Wildman–Crippen LogP) is -1.06. The number of amides is 4. The third-order valence-electron chi connectivity index (χ3n) is 5.45. The Kier molecular flexibility index (Phi) is 9.41. The molecule has 0 bridgehead atoms. The summed E-state index contributed by atoms with van der Waals surface area (Å²) in [5, 5.41) is 16.0. The normalized spacial score (nSPS) is 18.2. The summed E-state index contributed by atoms with van der Waals surface area (Å²) >= 11 is 1.41. The molecule has 192 valence electrons. The van der Waals surface area contributed by atoms with Crippen molar-refractivity contribution in [1.29, 1.82) is 0 Å². The molecule has 0 saturated carbocycles. The number of carboxylic acids is 1. The lowest BCUT2D eigenvalue weighted by Crippen LogP contribution is -2.60. The Morgan fingerprint density at radius 3 is 2.69 bits per heavy atom. The number of primary amides is 1.